The Morgan fingerprint density at radius 2 is 1.95 bits per heavy atom. The van der Waals surface area contributed by atoms with Crippen LogP contribution in [0.3, 0.4) is 0 Å². The van der Waals surface area contributed by atoms with E-state index < -0.39 is 6.10 Å². The molecule has 0 spiro atoms. The van der Waals surface area contributed by atoms with E-state index in [0.29, 0.717) is 12.5 Å². The third-order valence-corrected chi connectivity index (χ3v) is 4.58. The van der Waals surface area contributed by atoms with Crippen LogP contribution in [0.15, 0.2) is 18.2 Å². The molecule has 0 aromatic heterocycles. The number of carbonyl (C=O) groups is 1. The Morgan fingerprint density at radius 1 is 1.27 bits per heavy atom. The van der Waals surface area contributed by atoms with E-state index >= 15 is 0 Å². The fraction of sp³-hybridized carbons (Fsp3) is 0.611. The molecule has 0 fully saturated rings. The molecule has 0 saturated carbocycles. The summed E-state index contributed by atoms with van der Waals surface area (Å²) in [5.41, 5.74) is 8.38. The second kappa shape index (κ2) is 7.14. The molecule has 22 heavy (non-hydrogen) atoms. The number of benzene rings is 1. The molecule has 1 amide bonds. The Balaban J connectivity index is 2.38. The van der Waals surface area contributed by atoms with Crippen molar-refractivity contribution in [3.8, 4) is 5.75 Å². The number of rotatable bonds is 6. The molecule has 1 aromatic rings. The van der Waals surface area contributed by atoms with Gasteiger partial charge in [-0.15, -0.1) is 0 Å². The second-order valence-corrected chi connectivity index (χ2v) is 6.08. The van der Waals surface area contributed by atoms with Crippen LogP contribution in [0.25, 0.3) is 0 Å². The molecule has 2 rings (SSSR count). The van der Waals surface area contributed by atoms with E-state index in [1.54, 1.807) is 6.92 Å². The van der Waals surface area contributed by atoms with Crippen LogP contribution in [0.1, 0.15) is 58.6 Å². The average Bonchev–Trinajstić information content (AvgIpc) is 2.52. The number of hydrogen-bond acceptors (Lipinski definition) is 3. The van der Waals surface area contributed by atoms with Crippen molar-refractivity contribution in [1.29, 1.82) is 0 Å². The van der Waals surface area contributed by atoms with Gasteiger partial charge in [0, 0.05) is 12.6 Å². The van der Waals surface area contributed by atoms with Gasteiger partial charge in [0.2, 0.25) is 0 Å². The van der Waals surface area contributed by atoms with E-state index in [0.717, 1.165) is 36.3 Å². The maximum atomic E-state index is 12.4. The molecule has 2 N–H and O–H groups in total. The molecule has 122 valence electrons. The molecule has 0 saturated heterocycles. The summed E-state index contributed by atoms with van der Waals surface area (Å²) in [5.74, 6) is 1.26. The van der Waals surface area contributed by atoms with Gasteiger partial charge in [0.15, 0.2) is 6.10 Å². The number of fused-ring (bicyclic) bond motifs is 1. The summed E-state index contributed by atoms with van der Waals surface area (Å²) in [6, 6.07) is 6.03. The molecule has 0 bridgehead atoms. The maximum Gasteiger partial charge on any atom is 0.267 e. The topological polar surface area (TPSA) is 55.6 Å². The van der Waals surface area contributed by atoms with Gasteiger partial charge in [-0.1, -0.05) is 39.7 Å². The van der Waals surface area contributed by atoms with Gasteiger partial charge < -0.3 is 15.4 Å². The summed E-state index contributed by atoms with van der Waals surface area (Å²) in [6.07, 6.45) is 2.61. The lowest BCUT2D eigenvalue weighted by molar-refractivity contribution is -0.125. The molecule has 4 heteroatoms. The van der Waals surface area contributed by atoms with Crippen molar-refractivity contribution in [3.63, 3.8) is 0 Å². The zero-order chi connectivity index (χ0) is 16.3. The standard InChI is InChI=1S/C18H28N2O2/c1-5-10-20-15-11-14(17(19)13(6-2)7-3)8-9-16(15)22-12(4)18(20)21/h8-9,11-13,17H,5-7,10,19H2,1-4H3. The SMILES string of the molecule is CCCN1C(=O)C(C)Oc2ccc(C(N)C(CC)CC)cc21. The number of anilines is 1. The van der Waals surface area contributed by atoms with Crippen molar-refractivity contribution in [2.45, 2.75) is 59.1 Å². The molecule has 2 atom stereocenters. The molecule has 1 aliphatic heterocycles. The Kier molecular flexibility index (Phi) is 5.46. The highest BCUT2D eigenvalue weighted by Crippen LogP contribution is 2.37. The van der Waals surface area contributed by atoms with Crippen molar-refractivity contribution < 1.29 is 9.53 Å². The predicted molar refractivity (Wildman–Crippen MR) is 90.2 cm³/mol. The van der Waals surface area contributed by atoms with Gasteiger partial charge in [-0.05, 0) is 37.0 Å². The van der Waals surface area contributed by atoms with E-state index in [1.165, 1.54) is 0 Å². The van der Waals surface area contributed by atoms with Gasteiger partial charge in [-0.25, -0.2) is 0 Å². The maximum absolute atomic E-state index is 12.4. The Morgan fingerprint density at radius 3 is 2.55 bits per heavy atom. The van der Waals surface area contributed by atoms with Crippen LogP contribution in [-0.4, -0.2) is 18.6 Å². The minimum Gasteiger partial charge on any atom is -0.479 e. The number of ether oxygens (including phenoxy) is 1. The minimum atomic E-state index is -0.419. The molecule has 1 heterocycles. The lowest BCUT2D eigenvalue weighted by Crippen LogP contribution is -2.44. The summed E-state index contributed by atoms with van der Waals surface area (Å²) < 4.78 is 5.74. The Bertz CT molecular complexity index is 526. The smallest absolute Gasteiger partial charge is 0.267 e. The fourth-order valence-electron chi connectivity index (χ4n) is 3.15. The highest BCUT2D eigenvalue weighted by molar-refractivity contribution is 5.99. The zero-order valence-electron chi connectivity index (χ0n) is 14.1. The van der Waals surface area contributed by atoms with Gasteiger partial charge in [-0.2, -0.15) is 0 Å². The Hall–Kier alpha value is -1.55. The van der Waals surface area contributed by atoms with Crippen molar-refractivity contribution in [3.05, 3.63) is 23.8 Å². The first kappa shape index (κ1) is 16.8. The van der Waals surface area contributed by atoms with Crippen LogP contribution in [0.5, 0.6) is 5.75 Å². The van der Waals surface area contributed by atoms with E-state index in [1.807, 2.05) is 23.1 Å². The highest BCUT2D eigenvalue weighted by Gasteiger charge is 2.31. The average molecular weight is 304 g/mol. The fourth-order valence-corrected chi connectivity index (χ4v) is 3.15. The molecule has 4 nitrogen and oxygen atoms in total. The molecule has 1 aliphatic rings. The highest BCUT2D eigenvalue weighted by atomic mass is 16.5. The van der Waals surface area contributed by atoms with Crippen LogP contribution in [0.4, 0.5) is 5.69 Å². The van der Waals surface area contributed by atoms with Crippen molar-refractivity contribution in [2.24, 2.45) is 11.7 Å². The van der Waals surface area contributed by atoms with Crippen LogP contribution in [0.2, 0.25) is 0 Å². The van der Waals surface area contributed by atoms with Crippen LogP contribution in [0, 0.1) is 5.92 Å². The third-order valence-electron chi connectivity index (χ3n) is 4.58. The van der Waals surface area contributed by atoms with Gasteiger partial charge >= 0.3 is 0 Å². The van der Waals surface area contributed by atoms with Crippen molar-refractivity contribution in [1.82, 2.24) is 0 Å². The first-order valence-corrected chi connectivity index (χ1v) is 8.40. The molecule has 0 radical (unpaired) electrons. The molecule has 1 aromatic carbocycles. The number of carbonyl (C=O) groups excluding carboxylic acids is 1. The number of nitrogens with zero attached hydrogens (tertiary/aromatic N) is 1. The molecular weight excluding hydrogens is 276 g/mol. The Labute approximate surface area is 133 Å². The van der Waals surface area contributed by atoms with Crippen molar-refractivity contribution in [2.75, 3.05) is 11.4 Å². The predicted octanol–water partition coefficient (Wildman–Crippen LogP) is 3.65. The lowest BCUT2D eigenvalue weighted by Gasteiger charge is -2.34. The number of hydrogen-bond donors (Lipinski definition) is 1. The van der Waals surface area contributed by atoms with Crippen LogP contribution in [-0.2, 0) is 4.79 Å². The van der Waals surface area contributed by atoms with E-state index in [4.69, 9.17) is 10.5 Å². The molecule has 0 aliphatic carbocycles. The first-order valence-electron chi connectivity index (χ1n) is 8.40. The van der Waals surface area contributed by atoms with Gasteiger partial charge in [0.1, 0.15) is 5.75 Å². The van der Waals surface area contributed by atoms with E-state index in [-0.39, 0.29) is 11.9 Å². The van der Waals surface area contributed by atoms with Crippen molar-refractivity contribution >= 4 is 11.6 Å². The minimum absolute atomic E-state index is 0.00164. The van der Waals surface area contributed by atoms with Gasteiger partial charge in [0.05, 0.1) is 5.69 Å². The second-order valence-electron chi connectivity index (χ2n) is 6.08. The largest absolute Gasteiger partial charge is 0.479 e. The summed E-state index contributed by atoms with van der Waals surface area (Å²) in [4.78, 5) is 14.2. The van der Waals surface area contributed by atoms with Crippen LogP contribution < -0.4 is 15.4 Å². The van der Waals surface area contributed by atoms with E-state index in [9.17, 15) is 4.79 Å². The number of amides is 1. The lowest BCUT2D eigenvalue weighted by atomic mass is 9.89. The molecular formula is C18H28N2O2. The van der Waals surface area contributed by atoms with Gasteiger partial charge in [0.25, 0.3) is 5.91 Å². The summed E-state index contributed by atoms with van der Waals surface area (Å²) in [7, 11) is 0. The molecule has 2 unspecified atom stereocenters. The first-order chi connectivity index (χ1) is 10.5. The third kappa shape index (κ3) is 3.12. The zero-order valence-corrected chi connectivity index (χ0v) is 14.1. The summed E-state index contributed by atoms with van der Waals surface area (Å²) in [6.45, 7) is 8.93. The monoisotopic (exact) mass is 304 g/mol. The van der Waals surface area contributed by atoms with Crippen LogP contribution >= 0.6 is 0 Å². The quantitative estimate of drug-likeness (QED) is 0.873. The normalized spacial score (nSPS) is 19.1. The van der Waals surface area contributed by atoms with E-state index in [2.05, 4.69) is 20.8 Å². The van der Waals surface area contributed by atoms with Gasteiger partial charge in [-0.3, -0.25) is 4.79 Å². The summed E-state index contributed by atoms with van der Waals surface area (Å²) in [5, 5.41) is 0. The summed E-state index contributed by atoms with van der Waals surface area (Å²) >= 11 is 0. The number of nitrogens with two attached hydrogens (primary N) is 1.